The number of hydrogen-bond acceptors (Lipinski definition) is 4. The van der Waals surface area contributed by atoms with Crippen molar-refractivity contribution >= 4 is 11.9 Å². The average Bonchev–Trinajstić information content (AvgIpc) is 2.61. The highest BCUT2D eigenvalue weighted by molar-refractivity contribution is 5.81. The Balaban J connectivity index is 1.72. The number of aryl methyl sites for hydroxylation is 1. The first-order valence-corrected chi connectivity index (χ1v) is 8.18. The molecule has 0 aliphatic carbocycles. The van der Waals surface area contributed by atoms with Gasteiger partial charge in [0.2, 0.25) is 0 Å². The maximum Gasteiger partial charge on any atom is 0.310 e. The van der Waals surface area contributed by atoms with Crippen LogP contribution in [-0.2, 0) is 27.2 Å². The molecule has 0 atom stereocenters. The van der Waals surface area contributed by atoms with Gasteiger partial charge in [-0.15, -0.1) is 0 Å². The summed E-state index contributed by atoms with van der Waals surface area (Å²) in [5.41, 5.74) is 2.92. The molecular weight excluding hydrogens is 318 g/mol. The van der Waals surface area contributed by atoms with E-state index in [-0.39, 0.29) is 18.9 Å². The number of carbonyl (C=O) groups excluding carboxylic acids is 2. The van der Waals surface area contributed by atoms with Crippen molar-refractivity contribution in [1.82, 2.24) is 5.32 Å². The molecule has 0 saturated carbocycles. The lowest BCUT2D eigenvalue weighted by atomic mass is 10.1. The van der Waals surface area contributed by atoms with Gasteiger partial charge in [-0.25, -0.2) is 0 Å². The van der Waals surface area contributed by atoms with Gasteiger partial charge in [-0.05, 0) is 25.0 Å². The second kappa shape index (κ2) is 9.47. The van der Waals surface area contributed by atoms with E-state index in [0.29, 0.717) is 12.3 Å². The van der Waals surface area contributed by atoms with Gasteiger partial charge in [-0.1, -0.05) is 48.0 Å². The summed E-state index contributed by atoms with van der Waals surface area (Å²) in [4.78, 5) is 23.7. The zero-order chi connectivity index (χ0) is 18.1. The fourth-order valence-corrected chi connectivity index (χ4v) is 2.44. The summed E-state index contributed by atoms with van der Waals surface area (Å²) in [6.45, 7) is 2.17. The van der Waals surface area contributed by atoms with Crippen LogP contribution in [0.25, 0.3) is 0 Å². The van der Waals surface area contributed by atoms with Crippen LogP contribution >= 0.6 is 0 Å². The van der Waals surface area contributed by atoms with Crippen molar-refractivity contribution in [3.8, 4) is 5.75 Å². The third kappa shape index (κ3) is 6.30. The fraction of sp³-hybridized carbons (Fsp3) is 0.300. The third-order valence-corrected chi connectivity index (χ3v) is 3.71. The Bertz CT molecular complexity index is 713. The molecular formula is C20H23NO4. The maximum atomic E-state index is 11.9. The van der Waals surface area contributed by atoms with Gasteiger partial charge in [-0.3, -0.25) is 9.59 Å². The van der Waals surface area contributed by atoms with Gasteiger partial charge in [0, 0.05) is 12.1 Å². The van der Waals surface area contributed by atoms with Crippen molar-refractivity contribution in [2.45, 2.75) is 19.8 Å². The number of amides is 1. The van der Waals surface area contributed by atoms with Crippen LogP contribution in [0.4, 0.5) is 0 Å². The molecule has 2 rings (SSSR count). The number of hydrogen-bond donors (Lipinski definition) is 1. The van der Waals surface area contributed by atoms with Crippen LogP contribution in [0.15, 0.2) is 48.5 Å². The number of methoxy groups -OCH3 is 1. The quantitative estimate of drug-likeness (QED) is 0.749. The largest absolute Gasteiger partial charge is 0.496 e. The van der Waals surface area contributed by atoms with Crippen LogP contribution in [0.5, 0.6) is 5.75 Å². The molecule has 25 heavy (non-hydrogen) atoms. The van der Waals surface area contributed by atoms with Crippen molar-refractivity contribution in [1.29, 1.82) is 0 Å². The number of rotatable bonds is 8. The van der Waals surface area contributed by atoms with E-state index in [9.17, 15) is 9.59 Å². The van der Waals surface area contributed by atoms with Crippen LogP contribution in [0.2, 0.25) is 0 Å². The normalized spacial score (nSPS) is 10.2. The van der Waals surface area contributed by atoms with Crippen molar-refractivity contribution < 1.29 is 19.1 Å². The Hall–Kier alpha value is -2.82. The van der Waals surface area contributed by atoms with Gasteiger partial charge in [-0.2, -0.15) is 0 Å². The molecule has 2 aromatic rings. The molecule has 1 N–H and O–H groups in total. The predicted molar refractivity (Wildman–Crippen MR) is 95.5 cm³/mol. The number of nitrogens with one attached hydrogen (secondary N) is 1. The number of benzene rings is 2. The molecule has 0 unspecified atom stereocenters. The standard InChI is InChI=1S/C20H23NO4/c1-15-8-9-18(24-2)17(12-15)13-20(23)25-14-19(22)21-11-10-16-6-4-3-5-7-16/h3-9,12H,10-11,13-14H2,1-2H3,(H,21,22). The monoisotopic (exact) mass is 341 g/mol. The molecule has 0 aliphatic rings. The Kier molecular flexibility index (Phi) is 7.01. The summed E-state index contributed by atoms with van der Waals surface area (Å²) in [6, 6.07) is 15.5. The molecule has 0 radical (unpaired) electrons. The third-order valence-electron chi connectivity index (χ3n) is 3.71. The highest BCUT2D eigenvalue weighted by Crippen LogP contribution is 2.20. The predicted octanol–water partition coefficient (Wildman–Crippen LogP) is 2.45. The second-order valence-corrected chi connectivity index (χ2v) is 5.74. The van der Waals surface area contributed by atoms with Crippen molar-refractivity contribution in [3.05, 3.63) is 65.2 Å². The lowest BCUT2D eigenvalue weighted by Gasteiger charge is -2.10. The maximum absolute atomic E-state index is 11.9. The van der Waals surface area contributed by atoms with Gasteiger partial charge in [0.05, 0.1) is 13.5 Å². The second-order valence-electron chi connectivity index (χ2n) is 5.74. The lowest BCUT2D eigenvalue weighted by molar-refractivity contribution is -0.147. The van der Waals surface area contributed by atoms with Gasteiger partial charge < -0.3 is 14.8 Å². The molecule has 132 valence electrons. The number of carbonyl (C=O) groups is 2. The lowest BCUT2D eigenvalue weighted by Crippen LogP contribution is -2.30. The molecule has 0 spiro atoms. The van der Waals surface area contributed by atoms with Gasteiger partial charge in [0.25, 0.3) is 5.91 Å². The van der Waals surface area contributed by atoms with Crippen LogP contribution in [-0.4, -0.2) is 32.1 Å². The van der Waals surface area contributed by atoms with E-state index in [1.54, 1.807) is 7.11 Å². The first-order chi connectivity index (χ1) is 12.1. The van der Waals surface area contributed by atoms with Crippen LogP contribution in [0.3, 0.4) is 0 Å². The van der Waals surface area contributed by atoms with Gasteiger partial charge in [0.15, 0.2) is 6.61 Å². The Morgan fingerprint density at radius 1 is 1.08 bits per heavy atom. The molecule has 0 heterocycles. The summed E-state index contributed by atoms with van der Waals surface area (Å²) in [5, 5.41) is 2.74. The average molecular weight is 341 g/mol. The Labute approximate surface area is 148 Å². The van der Waals surface area contributed by atoms with E-state index < -0.39 is 5.97 Å². The Morgan fingerprint density at radius 3 is 2.56 bits per heavy atom. The summed E-state index contributed by atoms with van der Waals surface area (Å²) < 4.78 is 10.3. The molecule has 0 fully saturated rings. The van der Waals surface area contributed by atoms with Crippen LogP contribution in [0.1, 0.15) is 16.7 Å². The summed E-state index contributed by atoms with van der Waals surface area (Å²) in [6.07, 6.45) is 0.809. The molecule has 0 bridgehead atoms. The topological polar surface area (TPSA) is 64.6 Å². The summed E-state index contributed by atoms with van der Waals surface area (Å²) in [7, 11) is 1.56. The van der Waals surface area contributed by atoms with Gasteiger partial charge >= 0.3 is 5.97 Å². The SMILES string of the molecule is COc1ccc(C)cc1CC(=O)OCC(=O)NCCc1ccccc1. The minimum atomic E-state index is -0.456. The minimum absolute atomic E-state index is 0.0716. The smallest absolute Gasteiger partial charge is 0.310 e. The molecule has 5 heteroatoms. The van der Waals surface area contributed by atoms with E-state index in [1.807, 2.05) is 55.5 Å². The van der Waals surface area contributed by atoms with Crippen molar-refractivity contribution in [3.63, 3.8) is 0 Å². The minimum Gasteiger partial charge on any atom is -0.496 e. The first-order valence-electron chi connectivity index (χ1n) is 8.18. The van der Waals surface area contributed by atoms with Crippen LogP contribution < -0.4 is 10.1 Å². The van der Waals surface area contributed by atoms with Gasteiger partial charge in [0.1, 0.15) is 5.75 Å². The molecule has 0 saturated heterocycles. The molecule has 1 amide bonds. The molecule has 0 aromatic heterocycles. The van der Waals surface area contributed by atoms with E-state index in [2.05, 4.69) is 5.32 Å². The van der Waals surface area contributed by atoms with E-state index in [1.165, 1.54) is 0 Å². The fourth-order valence-electron chi connectivity index (χ4n) is 2.44. The van der Waals surface area contributed by atoms with Crippen LogP contribution in [0, 0.1) is 6.92 Å². The summed E-state index contributed by atoms with van der Waals surface area (Å²) in [5.74, 6) is -0.127. The number of esters is 1. The van der Waals surface area contributed by atoms with Crippen molar-refractivity contribution in [2.24, 2.45) is 0 Å². The zero-order valence-corrected chi connectivity index (χ0v) is 14.6. The van der Waals surface area contributed by atoms with E-state index >= 15 is 0 Å². The van der Waals surface area contributed by atoms with Crippen molar-refractivity contribution in [2.75, 3.05) is 20.3 Å². The molecule has 2 aromatic carbocycles. The van der Waals surface area contributed by atoms with E-state index in [0.717, 1.165) is 23.1 Å². The molecule has 0 aliphatic heterocycles. The Morgan fingerprint density at radius 2 is 1.84 bits per heavy atom. The number of ether oxygens (including phenoxy) is 2. The zero-order valence-electron chi connectivity index (χ0n) is 14.6. The van der Waals surface area contributed by atoms with E-state index in [4.69, 9.17) is 9.47 Å². The highest BCUT2D eigenvalue weighted by Gasteiger charge is 2.12. The molecule has 5 nitrogen and oxygen atoms in total. The highest BCUT2D eigenvalue weighted by atomic mass is 16.5. The summed E-state index contributed by atoms with van der Waals surface area (Å²) >= 11 is 0. The first kappa shape index (κ1) is 18.5.